The predicted octanol–water partition coefficient (Wildman–Crippen LogP) is 2.31. The minimum Gasteiger partial charge on any atom is -0.329 e. The molecule has 2 aliphatic heterocycles. The van der Waals surface area contributed by atoms with E-state index in [-0.39, 0.29) is 5.54 Å². The molecular formula is C16H33N3. The largest absolute Gasteiger partial charge is 0.329 e. The first-order valence-electron chi connectivity index (χ1n) is 8.18. The van der Waals surface area contributed by atoms with Crippen LogP contribution in [0.15, 0.2) is 0 Å². The molecule has 0 aliphatic carbocycles. The van der Waals surface area contributed by atoms with Gasteiger partial charge in [0.2, 0.25) is 0 Å². The lowest BCUT2D eigenvalue weighted by Gasteiger charge is -2.48. The molecule has 112 valence electrons. The Morgan fingerprint density at radius 2 is 2.00 bits per heavy atom. The first-order chi connectivity index (χ1) is 9.01. The maximum atomic E-state index is 6.28. The van der Waals surface area contributed by atoms with Gasteiger partial charge in [-0.15, -0.1) is 0 Å². The van der Waals surface area contributed by atoms with E-state index in [4.69, 9.17) is 5.73 Å². The molecule has 0 bridgehead atoms. The maximum Gasteiger partial charge on any atom is 0.0498 e. The van der Waals surface area contributed by atoms with Gasteiger partial charge in [0.1, 0.15) is 0 Å². The zero-order valence-electron chi connectivity index (χ0n) is 13.4. The van der Waals surface area contributed by atoms with Gasteiger partial charge < -0.3 is 5.73 Å². The van der Waals surface area contributed by atoms with Crippen LogP contribution in [0.5, 0.6) is 0 Å². The molecule has 2 rings (SSSR count). The zero-order chi connectivity index (χ0) is 14.0. The van der Waals surface area contributed by atoms with Crippen LogP contribution in [0, 0.1) is 5.92 Å². The number of likely N-dealkylation sites (N-methyl/N-ethyl adjacent to an activating group) is 1. The Kier molecular flexibility index (Phi) is 4.91. The Balaban J connectivity index is 2.13. The Labute approximate surface area is 119 Å². The molecule has 3 atom stereocenters. The van der Waals surface area contributed by atoms with Crippen LogP contribution in [-0.2, 0) is 0 Å². The Morgan fingerprint density at radius 3 is 2.63 bits per heavy atom. The molecule has 0 aromatic carbocycles. The molecule has 2 saturated heterocycles. The molecule has 2 heterocycles. The minimum atomic E-state index is 0.231. The lowest BCUT2D eigenvalue weighted by molar-refractivity contribution is 0.0260. The highest BCUT2D eigenvalue weighted by Crippen LogP contribution is 2.39. The fraction of sp³-hybridized carbons (Fsp3) is 1.00. The molecule has 3 heteroatoms. The molecule has 3 nitrogen and oxygen atoms in total. The number of nitrogens with zero attached hydrogens (tertiary/aromatic N) is 2. The van der Waals surface area contributed by atoms with E-state index < -0.39 is 0 Å². The van der Waals surface area contributed by atoms with Crippen molar-refractivity contribution >= 4 is 0 Å². The van der Waals surface area contributed by atoms with E-state index in [1.165, 1.54) is 45.2 Å². The highest BCUT2D eigenvalue weighted by atomic mass is 15.3. The molecule has 0 saturated carbocycles. The van der Waals surface area contributed by atoms with Crippen LogP contribution in [0.1, 0.15) is 52.9 Å². The Hall–Kier alpha value is -0.120. The van der Waals surface area contributed by atoms with Crippen LogP contribution < -0.4 is 5.73 Å². The molecular weight excluding hydrogens is 234 g/mol. The molecule has 0 radical (unpaired) electrons. The summed E-state index contributed by atoms with van der Waals surface area (Å²) in [5, 5.41) is 0. The summed E-state index contributed by atoms with van der Waals surface area (Å²) < 4.78 is 0. The summed E-state index contributed by atoms with van der Waals surface area (Å²) in [5.41, 5.74) is 6.51. The summed E-state index contributed by atoms with van der Waals surface area (Å²) in [4.78, 5) is 5.33. The van der Waals surface area contributed by atoms with Gasteiger partial charge in [0.15, 0.2) is 0 Å². The molecule has 2 fully saturated rings. The van der Waals surface area contributed by atoms with Crippen LogP contribution in [0.4, 0.5) is 0 Å². The number of hydrogen-bond donors (Lipinski definition) is 1. The molecule has 19 heavy (non-hydrogen) atoms. The Morgan fingerprint density at radius 1 is 1.26 bits per heavy atom. The lowest BCUT2D eigenvalue weighted by atomic mass is 9.82. The topological polar surface area (TPSA) is 32.5 Å². The van der Waals surface area contributed by atoms with Gasteiger partial charge >= 0.3 is 0 Å². The zero-order valence-corrected chi connectivity index (χ0v) is 13.4. The van der Waals surface area contributed by atoms with Crippen molar-refractivity contribution in [3.05, 3.63) is 0 Å². The lowest BCUT2D eigenvalue weighted by Crippen LogP contribution is -2.62. The van der Waals surface area contributed by atoms with E-state index in [1.54, 1.807) is 0 Å². The van der Waals surface area contributed by atoms with Gasteiger partial charge in [-0.3, -0.25) is 9.80 Å². The van der Waals surface area contributed by atoms with E-state index in [0.29, 0.717) is 12.1 Å². The fourth-order valence-electron chi connectivity index (χ4n) is 4.44. The second kappa shape index (κ2) is 6.11. The van der Waals surface area contributed by atoms with Crippen molar-refractivity contribution in [2.75, 3.05) is 26.7 Å². The standard InChI is InChI=1S/C16H33N3/c1-13(2)11-14(3)18(4)16(12-17)8-10-19-9-6-5-7-15(16)19/h13-15H,5-12,17H2,1-4H3. The normalized spacial score (nSPS) is 33.9. The van der Waals surface area contributed by atoms with Crippen molar-refractivity contribution in [3.63, 3.8) is 0 Å². The first kappa shape index (κ1) is 15.3. The monoisotopic (exact) mass is 267 g/mol. The molecule has 0 aromatic heterocycles. The molecule has 0 spiro atoms. The van der Waals surface area contributed by atoms with Crippen LogP contribution >= 0.6 is 0 Å². The third-order valence-electron chi connectivity index (χ3n) is 5.60. The van der Waals surface area contributed by atoms with Crippen LogP contribution in [0.3, 0.4) is 0 Å². The quantitative estimate of drug-likeness (QED) is 0.829. The average molecular weight is 267 g/mol. The summed E-state index contributed by atoms with van der Waals surface area (Å²) >= 11 is 0. The van der Waals surface area contributed by atoms with Crippen molar-refractivity contribution in [1.29, 1.82) is 0 Å². The SMILES string of the molecule is CC(C)CC(C)N(C)C1(CN)CCN2CCCCC21. The van der Waals surface area contributed by atoms with Crippen molar-refractivity contribution in [3.8, 4) is 0 Å². The smallest absolute Gasteiger partial charge is 0.0498 e. The van der Waals surface area contributed by atoms with Crippen molar-refractivity contribution in [1.82, 2.24) is 9.80 Å². The summed E-state index contributed by atoms with van der Waals surface area (Å²) in [6.45, 7) is 10.4. The van der Waals surface area contributed by atoms with Gasteiger partial charge in [-0.25, -0.2) is 0 Å². The Bertz CT molecular complexity index is 292. The highest BCUT2D eigenvalue weighted by molar-refractivity contribution is 5.08. The van der Waals surface area contributed by atoms with E-state index >= 15 is 0 Å². The van der Waals surface area contributed by atoms with Crippen molar-refractivity contribution in [2.24, 2.45) is 11.7 Å². The van der Waals surface area contributed by atoms with Gasteiger partial charge in [0, 0.05) is 30.7 Å². The third-order valence-corrected chi connectivity index (χ3v) is 5.60. The predicted molar refractivity (Wildman–Crippen MR) is 82.3 cm³/mol. The second-order valence-corrected chi connectivity index (χ2v) is 7.19. The molecule has 0 aromatic rings. The van der Waals surface area contributed by atoms with Gasteiger partial charge in [-0.2, -0.15) is 0 Å². The van der Waals surface area contributed by atoms with Gasteiger partial charge in [0.25, 0.3) is 0 Å². The summed E-state index contributed by atoms with van der Waals surface area (Å²) in [6.07, 6.45) is 6.63. The number of rotatable bonds is 5. The van der Waals surface area contributed by atoms with Gasteiger partial charge in [0.05, 0.1) is 0 Å². The number of hydrogen-bond acceptors (Lipinski definition) is 3. The van der Waals surface area contributed by atoms with E-state index in [2.05, 4.69) is 37.6 Å². The number of nitrogens with two attached hydrogens (primary N) is 1. The number of piperidine rings is 1. The van der Waals surface area contributed by atoms with Crippen molar-refractivity contribution < 1.29 is 0 Å². The number of fused-ring (bicyclic) bond motifs is 1. The molecule has 2 N–H and O–H groups in total. The van der Waals surface area contributed by atoms with Crippen LogP contribution in [-0.4, -0.2) is 54.1 Å². The third kappa shape index (κ3) is 2.84. The molecule has 0 amide bonds. The van der Waals surface area contributed by atoms with Gasteiger partial charge in [-0.05, 0) is 52.1 Å². The fourth-order valence-corrected chi connectivity index (χ4v) is 4.44. The summed E-state index contributed by atoms with van der Waals surface area (Å²) in [7, 11) is 2.32. The highest BCUT2D eigenvalue weighted by Gasteiger charge is 2.50. The van der Waals surface area contributed by atoms with E-state index in [1.807, 2.05) is 0 Å². The molecule has 2 aliphatic rings. The van der Waals surface area contributed by atoms with Crippen LogP contribution in [0.2, 0.25) is 0 Å². The second-order valence-electron chi connectivity index (χ2n) is 7.19. The summed E-state index contributed by atoms with van der Waals surface area (Å²) in [5.74, 6) is 0.760. The summed E-state index contributed by atoms with van der Waals surface area (Å²) in [6, 6.07) is 1.33. The minimum absolute atomic E-state index is 0.231. The average Bonchev–Trinajstić information content (AvgIpc) is 2.77. The van der Waals surface area contributed by atoms with Gasteiger partial charge in [-0.1, -0.05) is 20.3 Å². The maximum absolute atomic E-state index is 6.28. The van der Waals surface area contributed by atoms with E-state index in [0.717, 1.165) is 12.5 Å². The first-order valence-corrected chi connectivity index (χ1v) is 8.18. The van der Waals surface area contributed by atoms with E-state index in [9.17, 15) is 0 Å². The van der Waals surface area contributed by atoms with Crippen molar-refractivity contribution in [2.45, 2.75) is 70.5 Å². The van der Waals surface area contributed by atoms with Crippen LogP contribution in [0.25, 0.3) is 0 Å². The molecule has 3 unspecified atom stereocenters.